The van der Waals surface area contributed by atoms with Gasteiger partial charge in [0.1, 0.15) is 0 Å². The Kier molecular flexibility index (Phi) is 7.24. The van der Waals surface area contributed by atoms with E-state index >= 15 is 0 Å². The number of halogens is 6. The summed E-state index contributed by atoms with van der Waals surface area (Å²) in [7, 11) is 1.35. The van der Waals surface area contributed by atoms with Crippen molar-refractivity contribution in [1.29, 1.82) is 0 Å². The van der Waals surface area contributed by atoms with Crippen molar-refractivity contribution >= 4 is 33.6 Å². The summed E-state index contributed by atoms with van der Waals surface area (Å²) in [6.07, 6.45) is -9.67. The number of likely N-dealkylation sites (tertiary alicyclic amines) is 1. The van der Waals surface area contributed by atoms with Gasteiger partial charge in [0.05, 0.1) is 28.0 Å². The van der Waals surface area contributed by atoms with Crippen LogP contribution in [0.2, 0.25) is 0 Å². The second kappa shape index (κ2) is 9.61. The van der Waals surface area contributed by atoms with Crippen molar-refractivity contribution in [3.05, 3.63) is 22.6 Å². The van der Waals surface area contributed by atoms with Crippen molar-refractivity contribution in [1.82, 2.24) is 15.2 Å². The fourth-order valence-corrected chi connectivity index (χ4v) is 4.31. The summed E-state index contributed by atoms with van der Waals surface area (Å²) in [6.45, 7) is -1.45. The lowest BCUT2D eigenvalue weighted by Gasteiger charge is -2.31. The Morgan fingerprint density at radius 1 is 1.21 bits per heavy atom. The summed E-state index contributed by atoms with van der Waals surface area (Å²) in [4.78, 5) is 28.9. The first-order valence-electron chi connectivity index (χ1n) is 9.72. The molecule has 182 valence electrons. The molecule has 33 heavy (non-hydrogen) atoms. The Balaban J connectivity index is 1.66. The standard InChI is InChI=1S/C19H19F6N3O4S/c1-26-16(29)11-8-33-15-12(19(23,24)25)6-13(27-14(11)15)31-7-10-2-4-28(5-3-10)17(30)32-9-18(20,21)22/h6,8,10H,2-5,7,9H2,1H3,(H,26,29). The molecule has 1 aliphatic rings. The zero-order valence-electron chi connectivity index (χ0n) is 17.2. The predicted octanol–water partition coefficient (Wildman–Crippen LogP) is 4.46. The van der Waals surface area contributed by atoms with Gasteiger partial charge in [-0.05, 0) is 18.8 Å². The first-order chi connectivity index (χ1) is 15.4. The summed E-state index contributed by atoms with van der Waals surface area (Å²) in [5.41, 5.74) is -1.09. The maximum absolute atomic E-state index is 13.5. The van der Waals surface area contributed by atoms with Crippen molar-refractivity contribution in [2.45, 2.75) is 25.2 Å². The number of fused-ring (bicyclic) bond motifs is 1. The van der Waals surface area contributed by atoms with Gasteiger partial charge >= 0.3 is 18.4 Å². The van der Waals surface area contributed by atoms with Crippen LogP contribution in [-0.2, 0) is 10.9 Å². The molecular formula is C19H19F6N3O4S. The first kappa shape index (κ1) is 24.9. The van der Waals surface area contributed by atoms with Crippen LogP contribution in [-0.4, -0.2) is 61.4 Å². The van der Waals surface area contributed by atoms with Gasteiger partial charge in [-0.1, -0.05) is 0 Å². The molecule has 1 aliphatic heterocycles. The van der Waals surface area contributed by atoms with E-state index in [4.69, 9.17) is 4.74 Å². The van der Waals surface area contributed by atoms with Gasteiger partial charge < -0.3 is 19.7 Å². The Bertz CT molecular complexity index is 1020. The average molecular weight is 499 g/mol. The molecule has 7 nitrogen and oxygen atoms in total. The fourth-order valence-electron chi connectivity index (χ4n) is 3.29. The molecule has 2 aromatic rings. The third-order valence-electron chi connectivity index (χ3n) is 4.98. The van der Waals surface area contributed by atoms with Crippen LogP contribution in [0.3, 0.4) is 0 Å². The Hall–Kier alpha value is -2.77. The highest BCUT2D eigenvalue weighted by molar-refractivity contribution is 7.17. The predicted molar refractivity (Wildman–Crippen MR) is 105 cm³/mol. The van der Waals surface area contributed by atoms with Crippen LogP contribution in [0.5, 0.6) is 5.88 Å². The zero-order chi connectivity index (χ0) is 24.4. The monoisotopic (exact) mass is 499 g/mol. The van der Waals surface area contributed by atoms with E-state index in [0.717, 1.165) is 22.3 Å². The average Bonchev–Trinajstić information content (AvgIpc) is 3.18. The molecule has 0 unspecified atom stereocenters. The lowest BCUT2D eigenvalue weighted by Crippen LogP contribution is -2.41. The maximum atomic E-state index is 13.5. The highest BCUT2D eigenvalue weighted by Crippen LogP contribution is 2.40. The number of piperidine rings is 1. The lowest BCUT2D eigenvalue weighted by atomic mass is 9.98. The SMILES string of the molecule is CNC(=O)c1csc2c(C(F)(F)F)cc(OCC3CCN(C(=O)OCC(F)(F)F)CC3)nc12. The van der Waals surface area contributed by atoms with Gasteiger partial charge in [-0.25, -0.2) is 9.78 Å². The highest BCUT2D eigenvalue weighted by atomic mass is 32.1. The van der Waals surface area contributed by atoms with Gasteiger partial charge in [0.25, 0.3) is 5.91 Å². The van der Waals surface area contributed by atoms with E-state index in [1.54, 1.807) is 0 Å². The molecular weight excluding hydrogens is 480 g/mol. The number of carbonyl (C=O) groups excluding carboxylic acids is 2. The van der Waals surface area contributed by atoms with Crippen LogP contribution < -0.4 is 10.1 Å². The number of pyridine rings is 1. The molecule has 1 saturated heterocycles. The topological polar surface area (TPSA) is 80.8 Å². The normalized spacial score (nSPS) is 15.5. The fraction of sp³-hybridized carbons (Fsp3) is 0.526. The second-order valence-corrected chi connectivity index (χ2v) is 8.20. The Morgan fingerprint density at radius 3 is 2.45 bits per heavy atom. The van der Waals surface area contributed by atoms with E-state index in [-0.39, 0.29) is 47.3 Å². The number of ether oxygens (including phenoxy) is 2. The van der Waals surface area contributed by atoms with Gasteiger partial charge in [0, 0.05) is 31.6 Å². The molecule has 0 aromatic carbocycles. The van der Waals surface area contributed by atoms with Crippen LogP contribution in [0.25, 0.3) is 10.2 Å². The number of hydrogen-bond donors (Lipinski definition) is 1. The number of alkyl halides is 6. The van der Waals surface area contributed by atoms with Crippen LogP contribution in [0.15, 0.2) is 11.4 Å². The van der Waals surface area contributed by atoms with E-state index in [0.29, 0.717) is 12.8 Å². The van der Waals surface area contributed by atoms with Crippen LogP contribution in [0.1, 0.15) is 28.8 Å². The Morgan fingerprint density at radius 2 is 1.88 bits per heavy atom. The zero-order valence-corrected chi connectivity index (χ0v) is 18.0. The highest BCUT2D eigenvalue weighted by Gasteiger charge is 2.36. The van der Waals surface area contributed by atoms with Crippen LogP contribution in [0.4, 0.5) is 31.1 Å². The molecule has 0 bridgehead atoms. The summed E-state index contributed by atoms with van der Waals surface area (Å²) in [5.74, 6) is -1.04. The van der Waals surface area contributed by atoms with Crippen LogP contribution >= 0.6 is 11.3 Å². The third kappa shape index (κ3) is 6.18. The molecule has 2 amide bonds. The summed E-state index contributed by atoms with van der Waals surface area (Å²) in [6, 6.07) is 0.774. The number of carbonyl (C=O) groups is 2. The van der Waals surface area contributed by atoms with E-state index in [9.17, 15) is 35.9 Å². The van der Waals surface area contributed by atoms with Gasteiger partial charge in [-0.2, -0.15) is 26.3 Å². The minimum absolute atomic E-state index is 0.000808. The molecule has 3 heterocycles. The van der Waals surface area contributed by atoms with Gasteiger partial charge in [-0.15, -0.1) is 11.3 Å². The molecule has 0 spiro atoms. The molecule has 14 heteroatoms. The van der Waals surface area contributed by atoms with E-state index in [2.05, 4.69) is 15.0 Å². The number of nitrogens with zero attached hydrogens (tertiary/aromatic N) is 2. The Labute approximate surface area is 187 Å². The minimum atomic E-state index is -4.69. The third-order valence-corrected chi connectivity index (χ3v) is 5.98. The number of thiophene rings is 1. The van der Waals surface area contributed by atoms with E-state index in [1.807, 2.05) is 0 Å². The van der Waals surface area contributed by atoms with E-state index < -0.39 is 36.5 Å². The molecule has 0 atom stereocenters. The van der Waals surface area contributed by atoms with Crippen molar-refractivity contribution < 1.29 is 45.4 Å². The molecule has 0 radical (unpaired) electrons. The summed E-state index contributed by atoms with van der Waals surface area (Å²) in [5, 5.41) is 3.65. The molecule has 2 aromatic heterocycles. The largest absolute Gasteiger partial charge is 0.477 e. The number of rotatable bonds is 5. The summed E-state index contributed by atoms with van der Waals surface area (Å²) < 4.78 is 86.6. The van der Waals surface area contributed by atoms with E-state index in [1.165, 1.54) is 12.4 Å². The van der Waals surface area contributed by atoms with Gasteiger partial charge in [-0.3, -0.25) is 4.79 Å². The second-order valence-electron chi connectivity index (χ2n) is 7.32. The summed E-state index contributed by atoms with van der Waals surface area (Å²) >= 11 is 0.756. The van der Waals surface area contributed by atoms with Crippen molar-refractivity contribution in [3.63, 3.8) is 0 Å². The smallest absolute Gasteiger partial charge is 0.422 e. The minimum Gasteiger partial charge on any atom is -0.477 e. The lowest BCUT2D eigenvalue weighted by molar-refractivity contribution is -0.162. The van der Waals surface area contributed by atoms with Crippen LogP contribution in [0, 0.1) is 5.92 Å². The van der Waals surface area contributed by atoms with Crippen molar-refractivity contribution in [2.24, 2.45) is 5.92 Å². The molecule has 1 fully saturated rings. The number of nitrogens with one attached hydrogen (secondary N) is 1. The first-order valence-corrected chi connectivity index (χ1v) is 10.6. The van der Waals surface area contributed by atoms with Gasteiger partial charge in [0.15, 0.2) is 6.61 Å². The number of aromatic nitrogens is 1. The quantitative estimate of drug-likeness (QED) is 0.615. The molecule has 1 N–H and O–H groups in total. The number of hydrogen-bond acceptors (Lipinski definition) is 6. The molecule has 3 rings (SSSR count). The maximum Gasteiger partial charge on any atom is 0.422 e. The van der Waals surface area contributed by atoms with Crippen molar-refractivity contribution in [3.8, 4) is 5.88 Å². The molecule has 0 aliphatic carbocycles. The molecule has 0 saturated carbocycles. The van der Waals surface area contributed by atoms with Gasteiger partial charge in [0.2, 0.25) is 5.88 Å². The van der Waals surface area contributed by atoms with Crippen molar-refractivity contribution in [2.75, 3.05) is 33.4 Å². The number of amides is 2.